The Balaban J connectivity index is 2.68. The molecule has 2 unspecified atom stereocenters. The molecule has 1 rings (SSSR count). The lowest BCUT2D eigenvalue weighted by molar-refractivity contribution is 0.256. The first-order valence-electron chi connectivity index (χ1n) is 6.90. The van der Waals surface area contributed by atoms with Crippen molar-refractivity contribution >= 4 is 0 Å². The molecule has 0 saturated carbocycles. The summed E-state index contributed by atoms with van der Waals surface area (Å²) in [4.78, 5) is 0. The first-order valence-corrected chi connectivity index (χ1v) is 6.90. The van der Waals surface area contributed by atoms with E-state index >= 15 is 0 Å². The van der Waals surface area contributed by atoms with Crippen LogP contribution in [0.25, 0.3) is 0 Å². The highest BCUT2D eigenvalue weighted by atomic mass is 16.3. The second-order valence-corrected chi connectivity index (χ2v) is 4.67. The molecule has 3 nitrogen and oxygen atoms in total. The zero-order valence-corrected chi connectivity index (χ0v) is 11.5. The molecule has 3 heteroatoms. The lowest BCUT2D eigenvalue weighted by atomic mass is 10.0. The van der Waals surface area contributed by atoms with Gasteiger partial charge in [0.15, 0.2) is 0 Å². The summed E-state index contributed by atoms with van der Waals surface area (Å²) in [7, 11) is 0. The number of rotatable bonds is 8. The van der Waals surface area contributed by atoms with Crippen molar-refractivity contribution in [2.24, 2.45) is 5.73 Å². The topological polar surface area (TPSA) is 58.3 Å². The van der Waals surface area contributed by atoms with E-state index in [1.54, 1.807) is 0 Å². The first-order chi connectivity index (χ1) is 8.74. The lowest BCUT2D eigenvalue weighted by Gasteiger charge is -2.24. The highest BCUT2D eigenvalue weighted by Crippen LogP contribution is 2.15. The molecule has 0 aromatic heterocycles. The van der Waals surface area contributed by atoms with E-state index < -0.39 is 0 Å². The average Bonchev–Trinajstić information content (AvgIpc) is 2.43. The lowest BCUT2D eigenvalue weighted by Crippen LogP contribution is -2.37. The monoisotopic (exact) mass is 250 g/mol. The summed E-state index contributed by atoms with van der Waals surface area (Å²) in [5.74, 6) is 0. The van der Waals surface area contributed by atoms with E-state index in [1.807, 2.05) is 0 Å². The van der Waals surface area contributed by atoms with Gasteiger partial charge in [0.2, 0.25) is 0 Å². The van der Waals surface area contributed by atoms with Gasteiger partial charge >= 0.3 is 0 Å². The van der Waals surface area contributed by atoms with E-state index in [9.17, 15) is 0 Å². The summed E-state index contributed by atoms with van der Waals surface area (Å²) < 4.78 is 0. The van der Waals surface area contributed by atoms with E-state index in [4.69, 9.17) is 10.8 Å². The zero-order valence-electron chi connectivity index (χ0n) is 11.5. The number of hydrogen-bond donors (Lipinski definition) is 3. The molecule has 0 aliphatic heterocycles. The van der Waals surface area contributed by atoms with Crippen LogP contribution in [0.15, 0.2) is 24.3 Å². The van der Waals surface area contributed by atoms with Gasteiger partial charge in [-0.2, -0.15) is 0 Å². The molecule has 1 aromatic rings. The van der Waals surface area contributed by atoms with Crippen molar-refractivity contribution in [2.45, 2.75) is 45.2 Å². The third kappa shape index (κ3) is 4.41. The Morgan fingerprint density at radius 2 is 1.89 bits per heavy atom. The Kier molecular flexibility index (Phi) is 6.94. The molecule has 0 fully saturated rings. The molecule has 18 heavy (non-hydrogen) atoms. The van der Waals surface area contributed by atoms with Crippen LogP contribution in [-0.4, -0.2) is 24.3 Å². The maximum absolute atomic E-state index is 9.02. The molecule has 4 N–H and O–H groups in total. The Morgan fingerprint density at radius 1 is 1.22 bits per heavy atom. The smallest absolute Gasteiger partial charge is 0.0446 e. The molecule has 0 amide bonds. The van der Waals surface area contributed by atoms with Crippen LogP contribution in [0.4, 0.5) is 0 Å². The van der Waals surface area contributed by atoms with Crippen LogP contribution in [0.3, 0.4) is 0 Å². The van der Waals surface area contributed by atoms with E-state index in [1.165, 1.54) is 11.1 Å². The Labute approximate surface area is 110 Å². The van der Waals surface area contributed by atoms with Crippen molar-refractivity contribution in [2.75, 3.05) is 13.2 Å². The van der Waals surface area contributed by atoms with Gasteiger partial charge in [-0.15, -0.1) is 0 Å². The van der Waals surface area contributed by atoms with Gasteiger partial charge in [0.25, 0.3) is 0 Å². The number of nitrogens with two attached hydrogens (primary N) is 1. The Bertz CT molecular complexity index is 324. The molecule has 0 radical (unpaired) electrons. The van der Waals surface area contributed by atoms with Crippen molar-refractivity contribution < 1.29 is 5.11 Å². The maximum atomic E-state index is 9.02. The molecule has 0 heterocycles. The van der Waals surface area contributed by atoms with E-state index in [-0.39, 0.29) is 12.6 Å². The van der Waals surface area contributed by atoms with E-state index in [0.29, 0.717) is 12.6 Å². The SMILES string of the molecule is CCc1ccc(C(CN)NC(CC)CCO)cc1. The molecule has 0 bridgehead atoms. The van der Waals surface area contributed by atoms with Crippen molar-refractivity contribution in [1.82, 2.24) is 5.32 Å². The van der Waals surface area contributed by atoms with Crippen molar-refractivity contribution in [3.05, 3.63) is 35.4 Å². The van der Waals surface area contributed by atoms with Crippen molar-refractivity contribution in [1.29, 1.82) is 0 Å². The molecule has 1 aromatic carbocycles. The van der Waals surface area contributed by atoms with E-state index in [2.05, 4.69) is 43.4 Å². The van der Waals surface area contributed by atoms with Gasteiger partial charge in [-0.3, -0.25) is 0 Å². The molecule has 0 saturated heterocycles. The summed E-state index contributed by atoms with van der Waals surface area (Å²) in [6.45, 7) is 5.08. The van der Waals surface area contributed by atoms with Gasteiger partial charge in [0, 0.05) is 25.2 Å². The molecular weight excluding hydrogens is 224 g/mol. The number of benzene rings is 1. The van der Waals surface area contributed by atoms with Crippen LogP contribution >= 0.6 is 0 Å². The fraction of sp³-hybridized carbons (Fsp3) is 0.600. The normalized spacial score (nSPS) is 14.4. The summed E-state index contributed by atoms with van der Waals surface area (Å²) in [6, 6.07) is 9.12. The molecule has 0 spiro atoms. The standard InChI is InChI=1S/C15H26N2O/c1-3-12-5-7-13(8-6-12)15(11-16)17-14(4-2)9-10-18/h5-8,14-15,17-18H,3-4,9-11,16H2,1-2H3. The largest absolute Gasteiger partial charge is 0.396 e. The number of aryl methyl sites for hydroxylation is 1. The molecule has 102 valence electrons. The minimum Gasteiger partial charge on any atom is -0.396 e. The second-order valence-electron chi connectivity index (χ2n) is 4.67. The number of nitrogens with one attached hydrogen (secondary N) is 1. The fourth-order valence-corrected chi connectivity index (χ4v) is 2.13. The minimum absolute atomic E-state index is 0.174. The van der Waals surface area contributed by atoms with Crippen LogP contribution in [-0.2, 0) is 6.42 Å². The van der Waals surface area contributed by atoms with Crippen LogP contribution in [0.5, 0.6) is 0 Å². The quantitative estimate of drug-likeness (QED) is 0.661. The predicted octanol–water partition coefficient (Wildman–Crippen LogP) is 2.00. The third-order valence-corrected chi connectivity index (χ3v) is 3.43. The van der Waals surface area contributed by atoms with Gasteiger partial charge in [-0.1, -0.05) is 38.1 Å². The summed E-state index contributed by atoms with van der Waals surface area (Å²) >= 11 is 0. The van der Waals surface area contributed by atoms with Crippen molar-refractivity contribution in [3.8, 4) is 0 Å². The predicted molar refractivity (Wildman–Crippen MR) is 76.5 cm³/mol. The summed E-state index contributed by atoms with van der Waals surface area (Å²) in [5, 5.41) is 12.5. The number of aliphatic hydroxyl groups excluding tert-OH is 1. The maximum Gasteiger partial charge on any atom is 0.0446 e. The average molecular weight is 250 g/mol. The Morgan fingerprint density at radius 3 is 2.33 bits per heavy atom. The summed E-state index contributed by atoms with van der Waals surface area (Å²) in [6.07, 6.45) is 2.84. The third-order valence-electron chi connectivity index (χ3n) is 3.43. The minimum atomic E-state index is 0.174. The summed E-state index contributed by atoms with van der Waals surface area (Å²) in [5.41, 5.74) is 8.42. The molecular formula is C15H26N2O. The zero-order chi connectivity index (χ0) is 13.4. The molecule has 0 aliphatic carbocycles. The van der Waals surface area contributed by atoms with Crippen LogP contribution in [0, 0.1) is 0 Å². The first kappa shape index (κ1) is 15.2. The van der Waals surface area contributed by atoms with E-state index in [0.717, 1.165) is 19.3 Å². The van der Waals surface area contributed by atoms with Gasteiger partial charge in [0.05, 0.1) is 0 Å². The van der Waals surface area contributed by atoms with Crippen LogP contribution < -0.4 is 11.1 Å². The van der Waals surface area contributed by atoms with Gasteiger partial charge in [0.1, 0.15) is 0 Å². The molecule has 0 aliphatic rings. The van der Waals surface area contributed by atoms with Crippen LogP contribution in [0.2, 0.25) is 0 Å². The highest BCUT2D eigenvalue weighted by Gasteiger charge is 2.14. The highest BCUT2D eigenvalue weighted by molar-refractivity contribution is 5.25. The molecule has 2 atom stereocenters. The number of aliphatic hydroxyl groups is 1. The van der Waals surface area contributed by atoms with Gasteiger partial charge in [-0.05, 0) is 30.4 Å². The second kappa shape index (κ2) is 8.25. The van der Waals surface area contributed by atoms with Crippen LogP contribution in [0.1, 0.15) is 43.9 Å². The number of hydrogen-bond acceptors (Lipinski definition) is 3. The Hall–Kier alpha value is -0.900. The fourth-order valence-electron chi connectivity index (χ4n) is 2.13. The van der Waals surface area contributed by atoms with Gasteiger partial charge < -0.3 is 16.2 Å². The van der Waals surface area contributed by atoms with Crippen molar-refractivity contribution in [3.63, 3.8) is 0 Å². The van der Waals surface area contributed by atoms with Gasteiger partial charge in [-0.25, -0.2) is 0 Å².